The van der Waals surface area contributed by atoms with Gasteiger partial charge in [0.05, 0.1) is 12.1 Å². The molecule has 2 heterocycles. The second-order valence-electron chi connectivity index (χ2n) is 6.31. The summed E-state index contributed by atoms with van der Waals surface area (Å²) in [7, 11) is 0. The molecule has 0 aliphatic carbocycles. The number of aliphatic hydroxyl groups excluding tert-OH is 1. The molecule has 1 aromatic heterocycles. The Bertz CT molecular complexity index is 954. The molecular formula is C19H16F2N2O2. The Hall–Kier alpha value is -2.73. The lowest BCUT2D eigenvalue weighted by Crippen LogP contribution is -2.32. The fourth-order valence-corrected chi connectivity index (χ4v) is 3.45. The summed E-state index contributed by atoms with van der Waals surface area (Å²) in [6, 6.07) is 9.61. The van der Waals surface area contributed by atoms with E-state index in [9.17, 15) is 18.7 Å². The maximum atomic E-state index is 14.2. The van der Waals surface area contributed by atoms with E-state index in [0.717, 1.165) is 29.1 Å². The lowest BCUT2D eigenvalue weighted by atomic mass is 10.0. The summed E-state index contributed by atoms with van der Waals surface area (Å²) in [4.78, 5) is 17.4. The van der Waals surface area contributed by atoms with Gasteiger partial charge in [-0.05, 0) is 48.2 Å². The second-order valence-corrected chi connectivity index (χ2v) is 6.31. The summed E-state index contributed by atoms with van der Waals surface area (Å²) < 4.78 is 27.7. The predicted octanol–water partition coefficient (Wildman–Crippen LogP) is 3.39. The molecule has 2 atom stereocenters. The van der Waals surface area contributed by atoms with Crippen LogP contribution in [0, 0.1) is 11.6 Å². The monoisotopic (exact) mass is 342 g/mol. The minimum atomic E-state index is -0.772. The summed E-state index contributed by atoms with van der Waals surface area (Å²) in [6.07, 6.45) is 1.19. The molecule has 1 amide bonds. The highest BCUT2D eigenvalue weighted by Gasteiger charge is 2.37. The lowest BCUT2D eigenvalue weighted by molar-refractivity contribution is 0.0714. The molecule has 2 N–H and O–H groups in total. The Balaban J connectivity index is 1.71. The van der Waals surface area contributed by atoms with Crippen molar-refractivity contribution in [3.8, 4) is 0 Å². The third-order valence-corrected chi connectivity index (χ3v) is 4.66. The van der Waals surface area contributed by atoms with E-state index in [1.807, 2.05) is 12.1 Å². The average molecular weight is 342 g/mol. The quantitative estimate of drug-likeness (QED) is 0.750. The Morgan fingerprint density at radius 3 is 2.84 bits per heavy atom. The highest BCUT2D eigenvalue weighted by atomic mass is 19.1. The van der Waals surface area contributed by atoms with Gasteiger partial charge in [0.2, 0.25) is 0 Å². The van der Waals surface area contributed by atoms with Crippen molar-refractivity contribution in [1.29, 1.82) is 0 Å². The highest BCUT2D eigenvalue weighted by Crippen LogP contribution is 2.35. The minimum absolute atomic E-state index is 0.0855. The van der Waals surface area contributed by atoms with Crippen molar-refractivity contribution in [1.82, 2.24) is 9.88 Å². The summed E-state index contributed by atoms with van der Waals surface area (Å²) in [5.41, 5.74) is 1.34. The van der Waals surface area contributed by atoms with Gasteiger partial charge in [-0.3, -0.25) is 4.79 Å². The average Bonchev–Trinajstić information content (AvgIpc) is 3.22. The number of aromatic amines is 1. The number of nitrogens with one attached hydrogen (secondary N) is 1. The number of rotatable bonds is 2. The number of carbonyl (C=O) groups is 1. The van der Waals surface area contributed by atoms with Gasteiger partial charge >= 0.3 is 0 Å². The number of hydrogen-bond donors (Lipinski definition) is 2. The van der Waals surface area contributed by atoms with Crippen LogP contribution in [0.1, 0.15) is 28.4 Å². The van der Waals surface area contributed by atoms with Crippen LogP contribution in [-0.2, 0) is 0 Å². The van der Waals surface area contributed by atoms with Crippen LogP contribution >= 0.6 is 0 Å². The Kier molecular flexibility index (Phi) is 3.77. The van der Waals surface area contributed by atoms with Crippen LogP contribution in [0.15, 0.2) is 48.7 Å². The molecule has 1 aliphatic heterocycles. The maximum absolute atomic E-state index is 14.2. The largest absolute Gasteiger partial charge is 0.391 e. The first kappa shape index (κ1) is 15.8. The Morgan fingerprint density at radius 2 is 2.00 bits per heavy atom. The lowest BCUT2D eigenvalue weighted by Gasteiger charge is -2.25. The molecule has 0 saturated carbocycles. The van der Waals surface area contributed by atoms with E-state index >= 15 is 0 Å². The van der Waals surface area contributed by atoms with Gasteiger partial charge in [0, 0.05) is 29.4 Å². The highest BCUT2D eigenvalue weighted by molar-refractivity contribution is 5.98. The van der Waals surface area contributed by atoms with Gasteiger partial charge < -0.3 is 15.0 Å². The Labute approximate surface area is 142 Å². The van der Waals surface area contributed by atoms with Gasteiger partial charge in [-0.15, -0.1) is 0 Å². The van der Waals surface area contributed by atoms with Gasteiger partial charge in [-0.2, -0.15) is 0 Å². The molecule has 25 heavy (non-hydrogen) atoms. The molecule has 0 unspecified atom stereocenters. The topological polar surface area (TPSA) is 56.3 Å². The van der Waals surface area contributed by atoms with E-state index in [2.05, 4.69) is 4.98 Å². The molecule has 4 nitrogen and oxygen atoms in total. The summed E-state index contributed by atoms with van der Waals surface area (Å²) >= 11 is 0. The fourth-order valence-electron chi connectivity index (χ4n) is 3.45. The van der Waals surface area contributed by atoms with Crippen molar-refractivity contribution in [2.75, 3.05) is 6.54 Å². The zero-order chi connectivity index (χ0) is 17.6. The zero-order valence-electron chi connectivity index (χ0n) is 13.2. The first-order chi connectivity index (χ1) is 12.0. The summed E-state index contributed by atoms with van der Waals surface area (Å²) in [6.45, 7) is 0.0855. The molecule has 128 valence electrons. The van der Waals surface area contributed by atoms with E-state index in [4.69, 9.17) is 0 Å². The van der Waals surface area contributed by atoms with Crippen molar-refractivity contribution in [2.45, 2.75) is 18.6 Å². The number of halogens is 2. The number of H-pyrrole nitrogens is 1. The molecule has 1 fully saturated rings. The van der Waals surface area contributed by atoms with E-state index in [1.165, 1.54) is 4.90 Å². The number of benzene rings is 2. The van der Waals surface area contributed by atoms with Crippen LogP contribution in [0.5, 0.6) is 0 Å². The standard InChI is InChI=1S/C19H16F2N2O2/c20-13-3-4-16(21)15(8-13)18-9-14(24)10-23(18)19(25)12-2-1-11-5-6-22-17(11)7-12/h1-8,14,18,22,24H,9-10H2/t14-,18+/m0/s1. The number of fused-ring (bicyclic) bond motifs is 1. The Morgan fingerprint density at radius 1 is 1.16 bits per heavy atom. The third kappa shape index (κ3) is 2.78. The van der Waals surface area contributed by atoms with Crippen molar-refractivity contribution in [3.05, 3.63) is 71.4 Å². The van der Waals surface area contributed by atoms with Gasteiger partial charge in [0.25, 0.3) is 5.91 Å². The van der Waals surface area contributed by atoms with E-state index in [1.54, 1.807) is 18.3 Å². The van der Waals surface area contributed by atoms with Crippen LogP contribution in [-0.4, -0.2) is 33.5 Å². The van der Waals surface area contributed by atoms with E-state index < -0.39 is 23.8 Å². The van der Waals surface area contributed by atoms with Crippen molar-refractivity contribution in [2.24, 2.45) is 0 Å². The molecule has 3 aromatic rings. The van der Waals surface area contributed by atoms with Crippen LogP contribution in [0.2, 0.25) is 0 Å². The molecule has 6 heteroatoms. The van der Waals surface area contributed by atoms with Crippen LogP contribution in [0.4, 0.5) is 8.78 Å². The smallest absolute Gasteiger partial charge is 0.254 e. The number of β-amino-alcohol motifs (C(OH)–C–C–N with tert-alkyl or cyclic N) is 1. The van der Waals surface area contributed by atoms with E-state index in [0.29, 0.717) is 5.56 Å². The number of amides is 1. The summed E-state index contributed by atoms with van der Waals surface area (Å²) in [5.74, 6) is -1.47. The second kappa shape index (κ2) is 5.97. The number of hydrogen-bond acceptors (Lipinski definition) is 2. The summed E-state index contributed by atoms with van der Waals surface area (Å²) in [5, 5.41) is 11.0. The van der Waals surface area contributed by atoms with Crippen molar-refractivity contribution < 1.29 is 18.7 Å². The third-order valence-electron chi connectivity index (χ3n) is 4.66. The number of likely N-dealkylation sites (tertiary alicyclic amines) is 1. The predicted molar refractivity (Wildman–Crippen MR) is 89.1 cm³/mol. The fraction of sp³-hybridized carbons (Fsp3) is 0.211. The van der Waals surface area contributed by atoms with Crippen LogP contribution in [0.3, 0.4) is 0 Å². The zero-order valence-corrected chi connectivity index (χ0v) is 13.2. The first-order valence-electron chi connectivity index (χ1n) is 8.04. The normalized spacial score (nSPS) is 20.4. The van der Waals surface area contributed by atoms with Gasteiger partial charge in [-0.25, -0.2) is 8.78 Å². The van der Waals surface area contributed by atoms with Crippen LogP contribution < -0.4 is 0 Å². The number of carbonyl (C=O) groups excluding carboxylic acids is 1. The number of nitrogens with zero attached hydrogens (tertiary/aromatic N) is 1. The maximum Gasteiger partial charge on any atom is 0.254 e. The minimum Gasteiger partial charge on any atom is -0.391 e. The molecule has 0 spiro atoms. The molecule has 4 rings (SSSR count). The van der Waals surface area contributed by atoms with Gasteiger partial charge in [0.1, 0.15) is 11.6 Å². The molecular weight excluding hydrogens is 326 g/mol. The SMILES string of the molecule is O=C(c1ccc2cc[nH]c2c1)N1C[C@@H](O)C[C@@H]1c1cc(F)ccc1F. The molecule has 2 aromatic carbocycles. The molecule has 0 bridgehead atoms. The van der Waals surface area contributed by atoms with Crippen LogP contribution in [0.25, 0.3) is 10.9 Å². The first-order valence-corrected chi connectivity index (χ1v) is 8.04. The molecule has 1 saturated heterocycles. The number of aliphatic hydroxyl groups is 1. The van der Waals surface area contributed by atoms with Crippen molar-refractivity contribution >= 4 is 16.8 Å². The van der Waals surface area contributed by atoms with Crippen molar-refractivity contribution in [3.63, 3.8) is 0 Å². The van der Waals surface area contributed by atoms with Gasteiger partial charge in [0.15, 0.2) is 0 Å². The van der Waals surface area contributed by atoms with Gasteiger partial charge in [-0.1, -0.05) is 6.07 Å². The molecule has 1 aliphatic rings. The number of aromatic nitrogens is 1. The van der Waals surface area contributed by atoms with E-state index in [-0.39, 0.29) is 24.4 Å². The molecule has 0 radical (unpaired) electrons.